The highest BCUT2D eigenvalue weighted by atomic mass is 32.1. The van der Waals surface area contributed by atoms with E-state index in [1.54, 1.807) is 0 Å². The zero-order valence-electron chi connectivity index (χ0n) is 11.7. The number of hydrogen-bond donors (Lipinski definition) is 1. The van der Waals surface area contributed by atoms with Crippen LogP contribution in [0.4, 0.5) is 0 Å². The second-order valence-electron chi connectivity index (χ2n) is 5.09. The van der Waals surface area contributed by atoms with Crippen molar-refractivity contribution >= 4 is 17.7 Å². The Morgan fingerprint density at radius 2 is 1.24 bits per heavy atom. The lowest BCUT2D eigenvalue weighted by molar-refractivity contribution is -0.114. The lowest BCUT2D eigenvalue weighted by atomic mass is 9.95. The molecule has 0 bridgehead atoms. The average Bonchev–Trinajstić information content (AvgIpc) is 2.31. The van der Waals surface area contributed by atoms with E-state index >= 15 is 0 Å². The Labute approximate surface area is 113 Å². The molecule has 0 fully saturated rings. The molecule has 0 N–H and O–H groups in total. The molecule has 17 heavy (non-hydrogen) atoms. The minimum Gasteiger partial charge on any atom is -0.287 e. The fraction of sp³-hybridized carbons (Fsp3) is 0.933. The smallest absolute Gasteiger partial charge is 0.188 e. The maximum absolute atomic E-state index is 11.4. The molecule has 1 nitrogen and oxygen atoms in total. The predicted molar refractivity (Wildman–Crippen MR) is 79.6 cm³/mol. The van der Waals surface area contributed by atoms with E-state index in [1.165, 1.54) is 57.8 Å². The Bertz CT molecular complexity index is 180. The SMILES string of the molecule is CCCCCCCCC(CCCCC)C(=O)S. The summed E-state index contributed by atoms with van der Waals surface area (Å²) >= 11 is 4.01. The highest BCUT2D eigenvalue weighted by Gasteiger charge is 2.13. The first kappa shape index (κ1) is 17.0. The lowest BCUT2D eigenvalue weighted by Crippen LogP contribution is -2.08. The maximum Gasteiger partial charge on any atom is 0.188 e. The van der Waals surface area contributed by atoms with Crippen molar-refractivity contribution in [3.05, 3.63) is 0 Å². The molecule has 0 spiro atoms. The molecule has 102 valence electrons. The summed E-state index contributed by atoms with van der Waals surface area (Å²) in [6, 6.07) is 0. The molecular formula is C15H30OS. The molecule has 0 saturated carbocycles. The molecular weight excluding hydrogens is 228 g/mol. The second kappa shape index (κ2) is 12.5. The van der Waals surface area contributed by atoms with Crippen LogP contribution in [0.25, 0.3) is 0 Å². The van der Waals surface area contributed by atoms with Crippen LogP contribution in [0, 0.1) is 5.92 Å². The first-order valence-electron chi connectivity index (χ1n) is 7.45. The Morgan fingerprint density at radius 1 is 0.824 bits per heavy atom. The summed E-state index contributed by atoms with van der Waals surface area (Å²) in [6.07, 6.45) is 13.6. The van der Waals surface area contributed by atoms with E-state index in [2.05, 4.69) is 26.5 Å². The van der Waals surface area contributed by atoms with Crippen LogP contribution in [0.15, 0.2) is 0 Å². The summed E-state index contributed by atoms with van der Waals surface area (Å²) in [4.78, 5) is 11.4. The molecule has 0 aromatic rings. The van der Waals surface area contributed by atoms with Gasteiger partial charge < -0.3 is 0 Å². The third-order valence-electron chi connectivity index (χ3n) is 3.41. The van der Waals surface area contributed by atoms with Gasteiger partial charge in [-0.15, -0.1) is 12.6 Å². The normalized spacial score (nSPS) is 12.6. The van der Waals surface area contributed by atoms with Crippen LogP contribution in [-0.4, -0.2) is 5.12 Å². The zero-order valence-corrected chi connectivity index (χ0v) is 12.6. The molecule has 0 aliphatic rings. The van der Waals surface area contributed by atoms with E-state index < -0.39 is 0 Å². The van der Waals surface area contributed by atoms with Crippen molar-refractivity contribution in [2.75, 3.05) is 0 Å². The fourth-order valence-electron chi connectivity index (χ4n) is 2.20. The van der Waals surface area contributed by atoms with Crippen LogP contribution in [-0.2, 0) is 4.79 Å². The Morgan fingerprint density at radius 3 is 1.76 bits per heavy atom. The number of hydrogen-bond acceptors (Lipinski definition) is 1. The molecule has 0 aliphatic heterocycles. The number of carbonyl (C=O) groups excluding carboxylic acids is 1. The standard InChI is InChI=1S/C15H30OS/c1-3-5-7-8-9-11-13-14(15(16)17)12-10-6-4-2/h14H,3-13H2,1-2H3,(H,16,17). The summed E-state index contributed by atoms with van der Waals surface area (Å²) in [5.74, 6) is 0.219. The summed E-state index contributed by atoms with van der Waals surface area (Å²) in [6.45, 7) is 4.44. The van der Waals surface area contributed by atoms with Crippen LogP contribution in [0.2, 0.25) is 0 Å². The molecule has 2 heteroatoms. The van der Waals surface area contributed by atoms with Crippen molar-refractivity contribution in [1.82, 2.24) is 0 Å². The molecule has 0 aliphatic carbocycles. The van der Waals surface area contributed by atoms with Gasteiger partial charge in [0, 0.05) is 5.92 Å². The van der Waals surface area contributed by atoms with Crippen LogP contribution in [0.3, 0.4) is 0 Å². The third-order valence-corrected chi connectivity index (χ3v) is 3.78. The molecule has 0 rings (SSSR count). The zero-order chi connectivity index (χ0) is 12.9. The average molecular weight is 258 g/mol. The molecule has 0 aromatic carbocycles. The van der Waals surface area contributed by atoms with Gasteiger partial charge in [-0.05, 0) is 12.8 Å². The highest BCUT2D eigenvalue weighted by molar-refractivity contribution is 7.96. The van der Waals surface area contributed by atoms with Crippen LogP contribution in [0.5, 0.6) is 0 Å². The fourth-order valence-corrected chi connectivity index (χ4v) is 2.46. The van der Waals surface area contributed by atoms with Gasteiger partial charge >= 0.3 is 0 Å². The minimum absolute atomic E-state index is 0.106. The van der Waals surface area contributed by atoms with E-state index in [9.17, 15) is 4.79 Å². The van der Waals surface area contributed by atoms with Gasteiger partial charge in [-0.3, -0.25) is 4.79 Å². The van der Waals surface area contributed by atoms with Gasteiger partial charge in [-0.2, -0.15) is 0 Å². The Kier molecular flexibility index (Phi) is 12.5. The van der Waals surface area contributed by atoms with E-state index in [4.69, 9.17) is 0 Å². The van der Waals surface area contributed by atoms with Crippen LogP contribution < -0.4 is 0 Å². The Balaban J connectivity index is 3.52. The van der Waals surface area contributed by atoms with E-state index in [-0.39, 0.29) is 11.0 Å². The molecule has 1 atom stereocenters. The van der Waals surface area contributed by atoms with E-state index in [0.717, 1.165) is 12.8 Å². The van der Waals surface area contributed by atoms with Crippen LogP contribution >= 0.6 is 12.6 Å². The van der Waals surface area contributed by atoms with Gasteiger partial charge in [0.05, 0.1) is 0 Å². The van der Waals surface area contributed by atoms with Gasteiger partial charge in [0.1, 0.15) is 0 Å². The van der Waals surface area contributed by atoms with Gasteiger partial charge in [0.15, 0.2) is 5.12 Å². The van der Waals surface area contributed by atoms with Crippen molar-refractivity contribution in [2.24, 2.45) is 5.92 Å². The molecule has 1 unspecified atom stereocenters. The minimum atomic E-state index is 0.106. The first-order chi connectivity index (χ1) is 8.22. The summed E-state index contributed by atoms with van der Waals surface area (Å²) in [5.41, 5.74) is 0. The molecule has 0 amide bonds. The van der Waals surface area contributed by atoms with E-state index in [0.29, 0.717) is 0 Å². The number of rotatable bonds is 12. The maximum atomic E-state index is 11.4. The third kappa shape index (κ3) is 10.9. The van der Waals surface area contributed by atoms with Crippen molar-refractivity contribution in [1.29, 1.82) is 0 Å². The number of thiol groups is 1. The monoisotopic (exact) mass is 258 g/mol. The molecule has 0 aromatic heterocycles. The summed E-state index contributed by atoms with van der Waals surface area (Å²) < 4.78 is 0. The molecule has 0 heterocycles. The summed E-state index contributed by atoms with van der Waals surface area (Å²) in [5, 5.41) is 0.106. The number of carbonyl (C=O) groups is 1. The number of unbranched alkanes of at least 4 members (excludes halogenated alkanes) is 7. The van der Waals surface area contributed by atoms with Gasteiger partial charge in [0.25, 0.3) is 0 Å². The molecule has 0 saturated heterocycles. The Hall–Kier alpha value is 0.0200. The van der Waals surface area contributed by atoms with Gasteiger partial charge in [-0.25, -0.2) is 0 Å². The second-order valence-corrected chi connectivity index (χ2v) is 5.53. The van der Waals surface area contributed by atoms with Crippen LogP contribution in [0.1, 0.15) is 84.5 Å². The first-order valence-corrected chi connectivity index (χ1v) is 7.89. The van der Waals surface area contributed by atoms with Crippen molar-refractivity contribution in [3.63, 3.8) is 0 Å². The lowest BCUT2D eigenvalue weighted by Gasteiger charge is -2.12. The highest BCUT2D eigenvalue weighted by Crippen LogP contribution is 2.20. The van der Waals surface area contributed by atoms with E-state index in [1.807, 2.05) is 0 Å². The topological polar surface area (TPSA) is 17.1 Å². The van der Waals surface area contributed by atoms with Gasteiger partial charge in [-0.1, -0.05) is 71.6 Å². The quantitative estimate of drug-likeness (QED) is 0.367. The largest absolute Gasteiger partial charge is 0.287 e. The molecule has 0 radical (unpaired) electrons. The summed E-state index contributed by atoms with van der Waals surface area (Å²) in [7, 11) is 0. The van der Waals surface area contributed by atoms with Gasteiger partial charge in [0.2, 0.25) is 0 Å². The van der Waals surface area contributed by atoms with Crippen molar-refractivity contribution in [3.8, 4) is 0 Å². The predicted octanol–water partition coefficient (Wildman–Crippen LogP) is 5.39. The van der Waals surface area contributed by atoms with Crippen molar-refractivity contribution < 1.29 is 4.79 Å². The van der Waals surface area contributed by atoms with Crippen molar-refractivity contribution in [2.45, 2.75) is 84.5 Å².